The Hall–Kier alpha value is 1.01. The molecule has 2 bridgehead atoms. The quantitative estimate of drug-likeness (QED) is 0.585. The summed E-state index contributed by atoms with van der Waals surface area (Å²) in [6.07, 6.45) is 3.98. The Bertz CT molecular complexity index is 89.1. The van der Waals surface area contributed by atoms with Crippen molar-refractivity contribution in [3.63, 3.8) is 0 Å². The predicted octanol–water partition coefficient (Wildman–Crippen LogP) is 0.772. The SMILES string of the molecule is CN1CC2[CH-]C(C2)C1.[U]. The summed E-state index contributed by atoms with van der Waals surface area (Å²) in [7, 11) is 2.21. The molecule has 0 aromatic heterocycles. The van der Waals surface area contributed by atoms with Crippen molar-refractivity contribution in [2.24, 2.45) is 11.8 Å². The molecule has 50 valence electrons. The van der Waals surface area contributed by atoms with Gasteiger partial charge in [-0.15, -0.1) is 0 Å². The Morgan fingerprint density at radius 1 is 1.33 bits per heavy atom. The molecule has 0 aromatic rings. The molecule has 0 radical (unpaired) electrons. The van der Waals surface area contributed by atoms with E-state index in [0.29, 0.717) is 0 Å². The minimum absolute atomic E-state index is 0. The van der Waals surface area contributed by atoms with Crippen LogP contribution in [0.15, 0.2) is 0 Å². The second kappa shape index (κ2) is 2.95. The minimum Gasteiger partial charge on any atom is -0.320 e. The van der Waals surface area contributed by atoms with Gasteiger partial charge in [-0.2, -0.15) is 11.8 Å². The van der Waals surface area contributed by atoms with Crippen LogP contribution in [0, 0.1) is 49.4 Å². The molecule has 2 saturated heterocycles. The Morgan fingerprint density at radius 3 is 2.00 bits per heavy atom. The molecular formula is C7H12NU-. The Morgan fingerprint density at radius 2 is 1.78 bits per heavy atom. The molecule has 2 unspecified atom stereocenters. The van der Waals surface area contributed by atoms with E-state index < -0.39 is 0 Å². The third-order valence-electron chi connectivity index (χ3n) is 2.24. The first kappa shape index (κ1) is 8.11. The number of fused-ring (bicyclic) bond motifs is 2. The monoisotopic (exact) mass is 348 g/mol. The van der Waals surface area contributed by atoms with Crippen LogP contribution in [0.3, 0.4) is 0 Å². The molecule has 0 spiro atoms. The van der Waals surface area contributed by atoms with Gasteiger partial charge in [-0.25, -0.2) is 0 Å². The number of piperidine rings is 2. The number of hydrogen-bond donors (Lipinski definition) is 0. The van der Waals surface area contributed by atoms with Crippen molar-refractivity contribution in [3.8, 4) is 0 Å². The van der Waals surface area contributed by atoms with Crippen LogP contribution < -0.4 is 0 Å². The molecule has 2 aliphatic heterocycles. The largest absolute Gasteiger partial charge is 0.320 e. The average Bonchev–Trinajstić information content (AvgIpc) is 1.62. The van der Waals surface area contributed by atoms with Gasteiger partial charge in [-0.05, 0) is 20.1 Å². The molecule has 3 fully saturated rings. The van der Waals surface area contributed by atoms with Crippen LogP contribution in [0.2, 0.25) is 0 Å². The van der Waals surface area contributed by atoms with Gasteiger partial charge in [0.1, 0.15) is 0 Å². The van der Waals surface area contributed by atoms with E-state index in [9.17, 15) is 0 Å². The number of rotatable bonds is 0. The average molecular weight is 348 g/mol. The molecular weight excluding hydrogens is 336 g/mol. The molecule has 1 aliphatic carbocycles. The van der Waals surface area contributed by atoms with E-state index >= 15 is 0 Å². The Kier molecular flexibility index (Phi) is 2.66. The Balaban J connectivity index is 0.000000405. The molecule has 2 atom stereocenters. The fourth-order valence-electron chi connectivity index (χ4n) is 1.88. The molecule has 3 aliphatic rings. The molecule has 0 N–H and O–H groups in total. The zero-order chi connectivity index (χ0) is 5.56. The zero-order valence-electron chi connectivity index (χ0n) is 5.80. The topological polar surface area (TPSA) is 3.24 Å². The van der Waals surface area contributed by atoms with E-state index in [-0.39, 0.29) is 31.1 Å². The van der Waals surface area contributed by atoms with Crippen molar-refractivity contribution < 1.29 is 31.1 Å². The molecule has 2 heteroatoms. The summed E-state index contributed by atoms with van der Waals surface area (Å²) < 4.78 is 0. The zero-order valence-corrected chi connectivity index (χ0v) is 9.96. The van der Waals surface area contributed by atoms with Crippen molar-refractivity contribution in [2.45, 2.75) is 6.42 Å². The second-order valence-corrected chi connectivity index (χ2v) is 3.17. The first-order valence-corrected chi connectivity index (χ1v) is 3.38. The number of nitrogens with zero attached hydrogens (tertiary/aromatic N) is 1. The molecule has 1 nitrogen and oxygen atoms in total. The fraction of sp³-hybridized carbons (Fsp3) is 0.857. The maximum atomic E-state index is 2.50. The van der Waals surface area contributed by atoms with Crippen molar-refractivity contribution >= 4 is 0 Å². The minimum atomic E-state index is 0. The maximum absolute atomic E-state index is 2.50. The summed E-state index contributed by atoms with van der Waals surface area (Å²) in [5.74, 6) is 1.91. The van der Waals surface area contributed by atoms with Crippen LogP contribution in [-0.2, 0) is 0 Å². The summed E-state index contributed by atoms with van der Waals surface area (Å²) >= 11 is 0. The predicted molar refractivity (Wildman–Crippen MR) is 33.4 cm³/mol. The molecule has 3 rings (SSSR count). The normalized spacial score (nSPS) is 41.0. The van der Waals surface area contributed by atoms with Crippen LogP contribution in [0.5, 0.6) is 0 Å². The van der Waals surface area contributed by atoms with Gasteiger partial charge in [0.05, 0.1) is 0 Å². The van der Waals surface area contributed by atoms with Crippen LogP contribution in [0.1, 0.15) is 6.42 Å². The molecule has 0 aromatic carbocycles. The van der Waals surface area contributed by atoms with E-state index in [4.69, 9.17) is 0 Å². The van der Waals surface area contributed by atoms with Crippen molar-refractivity contribution in [2.75, 3.05) is 20.1 Å². The summed E-state index contributed by atoms with van der Waals surface area (Å²) in [5.41, 5.74) is 0. The van der Waals surface area contributed by atoms with Gasteiger partial charge >= 0.3 is 0 Å². The third kappa shape index (κ3) is 1.53. The van der Waals surface area contributed by atoms with Crippen LogP contribution in [0.4, 0.5) is 0 Å². The summed E-state index contributed by atoms with van der Waals surface area (Å²) in [6.45, 7) is 2.63. The van der Waals surface area contributed by atoms with Crippen LogP contribution in [-0.4, -0.2) is 25.0 Å². The summed E-state index contributed by atoms with van der Waals surface area (Å²) in [4.78, 5) is 2.43. The van der Waals surface area contributed by atoms with Gasteiger partial charge in [-0.1, -0.05) is 6.42 Å². The van der Waals surface area contributed by atoms with Gasteiger partial charge in [0.2, 0.25) is 0 Å². The van der Waals surface area contributed by atoms with Gasteiger partial charge in [0.15, 0.2) is 0 Å². The summed E-state index contributed by atoms with van der Waals surface area (Å²) in [5, 5.41) is 0. The smallest absolute Gasteiger partial charge is 0 e. The van der Waals surface area contributed by atoms with Gasteiger partial charge in [0.25, 0.3) is 0 Å². The van der Waals surface area contributed by atoms with Crippen LogP contribution >= 0.6 is 0 Å². The first-order chi connectivity index (χ1) is 3.84. The van der Waals surface area contributed by atoms with E-state index in [1.807, 2.05) is 0 Å². The van der Waals surface area contributed by atoms with Crippen LogP contribution in [0.25, 0.3) is 0 Å². The van der Waals surface area contributed by atoms with E-state index in [0.717, 1.165) is 11.8 Å². The van der Waals surface area contributed by atoms with Gasteiger partial charge < -0.3 is 11.3 Å². The number of hydrogen-bond acceptors (Lipinski definition) is 1. The Labute approximate surface area is 80.6 Å². The summed E-state index contributed by atoms with van der Waals surface area (Å²) in [6, 6.07) is 0. The van der Waals surface area contributed by atoms with E-state index in [2.05, 4.69) is 18.4 Å². The van der Waals surface area contributed by atoms with Crippen molar-refractivity contribution in [3.05, 3.63) is 6.42 Å². The van der Waals surface area contributed by atoms with Crippen molar-refractivity contribution in [1.82, 2.24) is 4.90 Å². The molecule has 9 heavy (non-hydrogen) atoms. The van der Waals surface area contributed by atoms with Gasteiger partial charge in [0, 0.05) is 31.1 Å². The standard InChI is InChI=1S/C7H12N.U/c1-8-4-6-2-7(3-6)5-8;/h2,6-7H,3-5H2,1H3;/q-1;. The molecule has 0 amide bonds. The molecule has 1 saturated carbocycles. The van der Waals surface area contributed by atoms with Gasteiger partial charge in [-0.3, -0.25) is 0 Å². The second-order valence-electron chi connectivity index (χ2n) is 3.17. The van der Waals surface area contributed by atoms with E-state index in [1.54, 1.807) is 0 Å². The third-order valence-corrected chi connectivity index (χ3v) is 2.24. The van der Waals surface area contributed by atoms with E-state index in [1.165, 1.54) is 19.5 Å². The maximum Gasteiger partial charge on any atom is 0 e. The first-order valence-electron chi connectivity index (χ1n) is 3.38. The molecule has 2 heterocycles. The van der Waals surface area contributed by atoms with Crippen molar-refractivity contribution in [1.29, 1.82) is 0 Å². The fourth-order valence-corrected chi connectivity index (χ4v) is 1.88.